The molecule has 3 aromatic carbocycles. The zero-order chi connectivity index (χ0) is 15.3. The summed E-state index contributed by atoms with van der Waals surface area (Å²) in [5.41, 5.74) is 6.63. The van der Waals surface area contributed by atoms with Gasteiger partial charge in [0.1, 0.15) is 0 Å². The Bertz CT molecular complexity index is 865. The van der Waals surface area contributed by atoms with Gasteiger partial charge in [-0.15, -0.1) is 0 Å². The van der Waals surface area contributed by atoms with Crippen molar-refractivity contribution in [3.8, 4) is 11.1 Å². The van der Waals surface area contributed by atoms with E-state index in [9.17, 15) is 0 Å². The summed E-state index contributed by atoms with van der Waals surface area (Å²) in [5, 5.41) is 0. The third kappa shape index (κ3) is 1.94. The summed E-state index contributed by atoms with van der Waals surface area (Å²) in [6.07, 6.45) is 0. The molecule has 1 unspecified atom stereocenters. The average Bonchev–Trinajstić information content (AvgIpc) is 2.79. The lowest BCUT2D eigenvalue weighted by Gasteiger charge is -2.28. The molecule has 0 radical (unpaired) electrons. The van der Waals surface area contributed by atoms with Crippen LogP contribution in [-0.2, 0) is 5.41 Å². The summed E-state index contributed by atoms with van der Waals surface area (Å²) >= 11 is 7.18. The Labute approximate surface area is 147 Å². The third-order valence-corrected chi connectivity index (χ3v) is 5.72. The van der Waals surface area contributed by atoms with Gasteiger partial charge in [-0.3, -0.25) is 0 Å². The first-order valence-electron chi connectivity index (χ1n) is 7.26. The maximum absolute atomic E-state index is 3.64. The van der Waals surface area contributed by atoms with Gasteiger partial charge in [0.05, 0.1) is 0 Å². The van der Waals surface area contributed by atoms with Crippen LogP contribution in [0, 0.1) is 0 Å². The van der Waals surface area contributed by atoms with Crippen molar-refractivity contribution in [1.29, 1.82) is 0 Å². The van der Waals surface area contributed by atoms with E-state index in [1.54, 1.807) is 0 Å². The molecule has 0 fully saturated rings. The average molecular weight is 414 g/mol. The van der Waals surface area contributed by atoms with E-state index in [1.807, 2.05) is 0 Å². The Balaban J connectivity index is 2.07. The van der Waals surface area contributed by atoms with Gasteiger partial charge in [0.25, 0.3) is 0 Å². The van der Waals surface area contributed by atoms with Crippen molar-refractivity contribution in [2.24, 2.45) is 0 Å². The van der Waals surface area contributed by atoms with Gasteiger partial charge < -0.3 is 0 Å². The van der Waals surface area contributed by atoms with Crippen LogP contribution in [0.1, 0.15) is 23.6 Å². The lowest BCUT2D eigenvalue weighted by Crippen LogP contribution is -2.22. The van der Waals surface area contributed by atoms with E-state index >= 15 is 0 Å². The second-order valence-electron chi connectivity index (χ2n) is 5.87. The molecule has 0 nitrogen and oxygen atoms in total. The van der Waals surface area contributed by atoms with E-state index < -0.39 is 0 Å². The van der Waals surface area contributed by atoms with Crippen molar-refractivity contribution < 1.29 is 0 Å². The van der Waals surface area contributed by atoms with Gasteiger partial charge in [-0.2, -0.15) is 0 Å². The van der Waals surface area contributed by atoms with Crippen LogP contribution in [0.5, 0.6) is 0 Å². The molecule has 0 heterocycles. The molecule has 1 aliphatic carbocycles. The molecule has 3 aromatic rings. The maximum Gasteiger partial charge on any atom is 0.0435 e. The fraction of sp³-hybridized carbons (Fsp3) is 0.100. The zero-order valence-electron chi connectivity index (χ0n) is 12.1. The normalized spacial score (nSPS) is 18.9. The molecule has 0 amide bonds. The lowest BCUT2D eigenvalue weighted by molar-refractivity contribution is 0.713. The summed E-state index contributed by atoms with van der Waals surface area (Å²) in [7, 11) is 0. The Morgan fingerprint density at radius 3 is 2.09 bits per heavy atom. The molecule has 0 saturated heterocycles. The first-order chi connectivity index (χ1) is 10.6. The van der Waals surface area contributed by atoms with Gasteiger partial charge in [-0.1, -0.05) is 74.3 Å². The predicted molar refractivity (Wildman–Crippen MR) is 99.3 cm³/mol. The fourth-order valence-electron chi connectivity index (χ4n) is 3.56. The minimum absolute atomic E-state index is 0.115. The molecule has 0 aromatic heterocycles. The number of fused-ring (bicyclic) bond motifs is 3. The molecule has 0 bridgehead atoms. The minimum atomic E-state index is -0.115. The SMILES string of the molecule is CC1(c2ccc(Br)cc2)c2ccccc2-c2ccc(Br)cc21. The van der Waals surface area contributed by atoms with Crippen molar-refractivity contribution in [2.45, 2.75) is 12.3 Å². The number of rotatable bonds is 1. The van der Waals surface area contributed by atoms with Crippen LogP contribution in [0.4, 0.5) is 0 Å². The smallest absolute Gasteiger partial charge is 0.0435 e. The Morgan fingerprint density at radius 2 is 1.32 bits per heavy atom. The minimum Gasteiger partial charge on any atom is -0.0619 e. The van der Waals surface area contributed by atoms with Crippen LogP contribution in [0.3, 0.4) is 0 Å². The Kier molecular flexibility index (Phi) is 3.28. The summed E-state index contributed by atoms with van der Waals surface area (Å²) in [5.74, 6) is 0. The van der Waals surface area contributed by atoms with Gasteiger partial charge in [-0.05, 0) is 59.0 Å². The molecule has 0 N–H and O–H groups in total. The monoisotopic (exact) mass is 412 g/mol. The highest BCUT2D eigenvalue weighted by Gasteiger charge is 2.40. The summed E-state index contributed by atoms with van der Waals surface area (Å²) in [6.45, 7) is 2.33. The summed E-state index contributed by atoms with van der Waals surface area (Å²) < 4.78 is 2.24. The molecule has 22 heavy (non-hydrogen) atoms. The van der Waals surface area contributed by atoms with Crippen LogP contribution in [0.25, 0.3) is 11.1 Å². The van der Waals surface area contributed by atoms with Gasteiger partial charge in [-0.25, -0.2) is 0 Å². The molecule has 0 saturated carbocycles. The first-order valence-corrected chi connectivity index (χ1v) is 8.85. The predicted octanol–water partition coefficient (Wildman–Crippen LogP) is 6.55. The fourth-order valence-corrected chi connectivity index (χ4v) is 4.18. The molecular formula is C20H14Br2. The number of hydrogen-bond donors (Lipinski definition) is 0. The van der Waals surface area contributed by atoms with Gasteiger partial charge in [0.15, 0.2) is 0 Å². The van der Waals surface area contributed by atoms with E-state index in [0.717, 1.165) is 8.95 Å². The highest BCUT2D eigenvalue weighted by atomic mass is 79.9. The largest absolute Gasteiger partial charge is 0.0619 e. The van der Waals surface area contributed by atoms with Crippen molar-refractivity contribution in [1.82, 2.24) is 0 Å². The van der Waals surface area contributed by atoms with E-state index in [4.69, 9.17) is 0 Å². The Morgan fingerprint density at radius 1 is 0.682 bits per heavy atom. The summed E-state index contributed by atoms with van der Waals surface area (Å²) in [4.78, 5) is 0. The molecule has 0 spiro atoms. The molecule has 108 valence electrons. The van der Waals surface area contributed by atoms with Crippen LogP contribution in [0.15, 0.2) is 75.7 Å². The van der Waals surface area contributed by atoms with Crippen molar-refractivity contribution in [3.63, 3.8) is 0 Å². The van der Waals surface area contributed by atoms with Crippen LogP contribution in [-0.4, -0.2) is 0 Å². The molecule has 1 atom stereocenters. The van der Waals surface area contributed by atoms with E-state index in [1.165, 1.54) is 27.8 Å². The lowest BCUT2D eigenvalue weighted by atomic mass is 9.74. The van der Waals surface area contributed by atoms with E-state index in [2.05, 4.69) is 106 Å². The maximum atomic E-state index is 3.64. The first kappa shape index (κ1) is 14.2. The quantitative estimate of drug-likeness (QED) is 0.424. The van der Waals surface area contributed by atoms with Gasteiger partial charge in [0.2, 0.25) is 0 Å². The number of hydrogen-bond acceptors (Lipinski definition) is 0. The van der Waals surface area contributed by atoms with Crippen LogP contribution in [0.2, 0.25) is 0 Å². The Hall–Kier alpha value is -1.38. The second kappa shape index (κ2) is 5.07. The highest BCUT2D eigenvalue weighted by Crippen LogP contribution is 2.52. The van der Waals surface area contributed by atoms with Gasteiger partial charge >= 0.3 is 0 Å². The van der Waals surface area contributed by atoms with Crippen molar-refractivity contribution in [2.75, 3.05) is 0 Å². The molecule has 4 rings (SSSR count). The molecule has 2 heteroatoms. The van der Waals surface area contributed by atoms with E-state index in [0.29, 0.717) is 0 Å². The number of halogens is 2. The molecular weight excluding hydrogens is 400 g/mol. The third-order valence-electron chi connectivity index (χ3n) is 4.70. The van der Waals surface area contributed by atoms with Crippen molar-refractivity contribution in [3.05, 3.63) is 92.4 Å². The van der Waals surface area contributed by atoms with Crippen LogP contribution >= 0.6 is 31.9 Å². The molecule has 1 aliphatic rings. The number of benzene rings is 3. The summed E-state index contributed by atoms with van der Waals surface area (Å²) in [6, 6.07) is 24.0. The zero-order valence-corrected chi connectivity index (χ0v) is 15.3. The topological polar surface area (TPSA) is 0 Å². The van der Waals surface area contributed by atoms with Crippen LogP contribution < -0.4 is 0 Å². The van der Waals surface area contributed by atoms with E-state index in [-0.39, 0.29) is 5.41 Å². The highest BCUT2D eigenvalue weighted by molar-refractivity contribution is 9.10. The van der Waals surface area contributed by atoms with Gasteiger partial charge in [0, 0.05) is 14.4 Å². The van der Waals surface area contributed by atoms with Crippen molar-refractivity contribution >= 4 is 31.9 Å². The second-order valence-corrected chi connectivity index (χ2v) is 7.70. The standard InChI is InChI=1S/C20H14Br2/c1-20(13-6-8-14(21)9-7-13)18-5-3-2-4-16(18)17-11-10-15(22)12-19(17)20/h2-12H,1H3. The molecule has 0 aliphatic heterocycles.